The number of aromatic nitrogens is 3. The first-order valence-electron chi connectivity index (χ1n) is 6.62. The second-order valence-corrected chi connectivity index (χ2v) is 5.37. The van der Waals surface area contributed by atoms with Crippen LogP contribution in [0.1, 0.15) is 22.6 Å². The molecule has 20 heavy (non-hydrogen) atoms. The number of carbonyl (C=O) groups is 1. The summed E-state index contributed by atoms with van der Waals surface area (Å²) >= 11 is 5.96. The van der Waals surface area contributed by atoms with Crippen LogP contribution in [0.5, 0.6) is 0 Å². The highest BCUT2D eigenvalue weighted by Crippen LogP contribution is 2.18. The molecule has 0 spiro atoms. The zero-order valence-corrected chi connectivity index (χ0v) is 11.7. The molecule has 0 saturated heterocycles. The van der Waals surface area contributed by atoms with Crippen LogP contribution < -0.4 is 5.32 Å². The summed E-state index contributed by atoms with van der Waals surface area (Å²) in [6.45, 7) is 1.55. The summed E-state index contributed by atoms with van der Waals surface area (Å²) in [5.41, 5.74) is 0.473. The van der Waals surface area contributed by atoms with Crippen molar-refractivity contribution in [2.24, 2.45) is 5.92 Å². The van der Waals surface area contributed by atoms with Crippen molar-refractivity contribution >= 4 is 17.5 Å². The molecule has 0 radical (unpaired) electrons. The molecule has 3 heterocycles. The molecule has 1 aliphatic rings. The van der Waals surface area contributed by atoms with Crippen molar-refractivity contribution < 1.29 is 4.79 Å². The highest BCUT2D eigenvalue weighted by molar-refractivity contribution is 6.33. The summed E-state index contributed by atoms with van der Waals surface area (Å²) in [4.78, 5) is 20.2. The monoisotopic (exact) mass is 290 g/mol. The first-order valence-corrected chi connectivity index (χ1v) is 6.99. The van der Waals surface area contributed by atoms with Gasteiger partial charge in [0.25, 0.3) is 5.91 Å². The number of pyridine rings is 1. The summed E-state index contributed by atoms with van der Waals surface area (Å²) in [7, 11) is 0. The van der Waals surface area contributed by atoms with Crippen molar-refractivity contribution in [3.05, 3.63) is 47.3 Å². The van der Waals surface area contributed by atoms with Crippen molar-refractivity contribution in [2.45, 2.75) is 19.4 Å². The molecule has 2 aromatic heterocycles. The summed E-state index contributed by atoms with van der Waals surface area (Å²) in [6, 6.07) is 1.63. The number of nitrogens with one attached hydrogen (secondary N) is 1. The molecular formula is C14H15ClN4O. The van der Waals surface area contributed by atoms with Gasteiger partial charge in [0.05, 0.1) is 10.6 Å². The summed E-state index contributed by atoms with van der Waals surface area (Å²) in [5.74, 6) is 1.42. The van der Waals surface area contributed by atoms with E-state index in [1.54, 1.807) is 12.3 Å². The zero-order valence-electron chi connectivity index (χ0n) is 10.9. The van der Waals surface area contributed by atoms with Crippen molar-refractivity contribution in [3.8, 4) is 0 Å². The van der Waals surface area contributed by atoms with Gasteiger partial charge in [-0.1, -0.05) is 11.6 Å². The average Bonchev–Trinajstić information content (AvgIpc) is 2.92. The van der Waals surface area contributed by atoms with Gasteiger partial charge in [-0.25, -0.2) is 4.98 Å². The van der Waals surface area contributed by atoms with Crippen LogP contribution >= 0.6 is 11.6 Å². The molecule has 0 saturated carbocycles. The fourth-order valence-corrected chi connectivity index (χ4v) is 2.70. The van der Waals surface area contributed by atoms with Gasteiger partial charge >= 0.3 is 0 Å². The van der Waals surface area contributed by atoms with E-state index >= 15 is 0 Å². The Labute approximate surface area is 122 Å². The lowest BCUT2D eigenvalue weighted by Gasteiger charge is -2.24. The van der Waals surface area contributed by atoms with Crippen LogP contribution in [-0.2, 0) is 13.0 Å². The molecule has 2 aromatic rings. The first kappa shape index (κ1) is 13.1. The maximum Gasteiger partial charge on any atom is 0.252 e. The topological polar surface area (TPSA) is 59.8 Å². The number of amides is 1. The number of fused-ring (bicyclic) bond motifs is 1. The number of aryl methyl sites for hydroxylation is 1. The molecule has 1 aliphatic heterocycles. The third kappa shape index (κ3) is 2.67. The molecule has 5 nitrogen and oxygen atoms in total. The number of hydrogen-bond donors (Lipinski definition) is 1. The highest BCUT2D eigenvalue weighted by atomic mass is 35.5. The van der Waals surface area contributed by atoms with Crippen LogP contribution in [0.15, 0.2) is 30.9 Å². The Bertz CT molecular complexity index is 625. The number of carbonyl (C=O) groups excluding carboxylic acids is 1. The lowest BCUT2D eigenvalue weighted by molar-refractivity contribution is 0.0943. The molecule has 1 atom stereocenters. The molecular weight excluding hydrogens is 276 g/mol. The highest BCUT2D eigenvalue weighted by Gasteiger charge is 2.19. The van der Waals surface area contributed by atoms with E-state index < -0.39 is 0 Å². The second-order valence-electron chi connectivity index (χ2n) is 4.97. The van der Waals surface area contributed by atoms with E-state index in [9.17, 15) is 4.79 Å². The van der Waals surface area contributed by atoms with Crippen LogP contribution in [0.3, 0.4) is 0 Å². The molecule has 0 aliphatic carbocycles. The standard InChI is InChI=1S/C14H15ClN4O/c15-12-8-16-4-3-11(12)14(20)18-7-10-1-2-13-17-5-6-19(13)9-10/h3-6,8,10H,1-2,7,9H2,(H,18,20). The molecule has 0 aromatic carbocycles. The maximum absolute atomic E-state index is 12.1. The predicted octanol–water partition coefficient (Wildman–Crippen LogP) is 1.92. The zero-order chi connectivity index (χ0) is 13.9. The van der Waals surface area contributed by atoms with Gasteiger partial charge in [-0.15, -0.1) is 0 Å². The Hall–Kier alpha value is -1.88. The maximum atomic E-state index is 12.1. The van der Waals surface area contributed by atoms with Gasteiger partial charge in [-0.2, -0.15) is 0 Å². The Morgan fingerprint density at radius 2 is 2.40 bits per heavy atom. The molecule has 6 heteroatoms. The van der Waals surface area contributed by atoms with Crippen LogP contribution in [0.4, 0.5) is 0 Å². The molecule has 0 bridgehead atoms. The SMILES string of the molecule is O=C(NCC1CCc2nccn2C1)c1ccncc1Cl. The van der Waals surface area contributed by atoms with E-state index in [4.69, 9.17) is 11.6 Å². The van der Waals surface area contributed by atoms with Gasteiger partial charge in [0, 0.05) is 44.3 Å². The van der Waals surface area contributed by atoms with Crippen LogP contribution in [0, 0.1) is 5.92 Å². The molecule has 1 N–H and O–H groups in total. The number of imidazole rings is 1. The van der Waals surface area contributed by atoms with Gasteiger partial charge in [-0.05, 0) is 18.4 Å². The first-order chi connectivity index (χ1) is 9.74. The van der Waals surface area contributed by atoms with E-state index in [0.29, 0.717) is 23.0 Å². The minimum Gasteiger partial charge on any atom is -0.352 e. The molecule has 104 valence electrons. The van der Waals surface area contributed by atoms with Crippen LogP contribution in [-0.4, -0.2) is 27.0 Å². The Balaban J connectivity index is 1.58. The molecule has 3 rings (SSSR count). The number of nitrogens with zero attached hydrogens (tertiary/aromatic N) is 3. The number of rotatable bonds is 3. The smallest absolute Gasteiger partial charge is 0.252 e. The molecule has 0 fully saturated rings. The lowest BCUT2D eigenvalue weighted by atomic mass is 9.99. The quantitative estimate of drug-likeness (QED) is 0.939. The Morgan fingerprint density at radius 3 is 3.25 bits per heavy atom. The molecule has 1 unspecified atom stereocenters. The largest absolute Gasteiger partial charge is 0.352 e. The number of hydrogen-bond acceptors (Lipinski definition) is 3. The average molecular weight is 291 g/mol. The Kier molecular flexibility index (Phi) is 3.69. The van der Waals surface area contributed by atoms with Gasteiger partial charge in [-0.3, -0.25) is 9.78 Å². The van der Waals surface area contributed by atoms with Crippen LogP contribution in [0.25, 0.3) is 0 Å². The molecule has 1 amide bonds. The predicted molar refractivity (Wildman–Crippen MR) is 75.6 cm³/mol. The van der Waals surface area contributed by atoms with Crippen LogP contribution in [0.2, 0.25) is 5.02 Å². The van der Waals surface area contributed by atoms with Gasteiger partial charge in [0.15, 0.2) is 0 Å². The van der Waals surface area contributed by atoms with E-state index in [-0.39, 0.29) is 5.91 Å². The third-order valence-corrected chi connectivity index (χ3v) is 3.90. The van der Waals surface area contributed by atoms with Crippen molar-refractivity contribution in [1.82, 2.24) is 19.9 Å². The van der Waals surface area contributed by atoms with Gasteiger partial charge in [0.2, 0.25) is 0 Å². The third-order valence-electron chi connectivity index (χ3n) is 3.60. The number of halogens is 1. The van der Waals surface area contributed by atoms with E-state index in [1.807, 2.05) is 12.4 Å². The van der Waals surface area contributed by atoms with E-state index in [1.165, 1.54) is 6.20 Å². The normalized spacial score (nSPS) is 17.6. The fraction of sp³-hybridized carbons (Fsp3) is 0.357. The Morgan fingerprint density at radius 1 is 1.50 bits per heavy atom. The van der Waals surface area contributed by atoms with E-state index in [0.717, 1.165) is 25.2 Å². The second kappa shape index (κ2) is 5.63. The summed E-state index contributed by atoms with van der Waals surface area (Å²) in [6.07, 6.45) is 8.87. The van der Waals surface area contributed by atoms with E-state index in [2.05, 4.69) is 19.9 Å². The lowest BCUT2D eigenvalue weighted by Crippen LogP contribution is -2.33. The minimum absolute atomic E-state index is 0.145. The fourth-order valence-electron chi connectivity index (χ4n) is 2.50. The van der Waals surface area contributed by atoms with Crippen molar-refractivity contribution in [1.29, 1.82) is 0 Å². The summed E-state index contributed by atoms with van der Waals surface area (Å²) in [5, 5.41) is 3.33. The van der Waals surface area contributed by atoms with Gasteiger partial charge in [0.1, 0.15) is 5.82 Å². The van der Waals surface area contributed by atoms with Gasteiger partial charge < -0.3 is 9.88 Å². The van der Waals surface area contributed by atoms with Crippen molar-refractivity contribution in [2.75, 3.05) is 6.54 Å². The summed E-state index contributed by atoms with van der Waals surface area (Å²) < 4.78 is 2.15. The minimum atomic E-state index is -0.145. The van der Waals surface area contributed by atoms with Crippen molar-refractivity contribution in [3.63, 3.8) is 0 Å².